The first-order valence-corrected chi connectivity index (χ1v) is 18.0. The van der Waals surface area contributed by atoms with Crippen LogP contribution in [0.5, 0.6) is 5.75 Å². The summed E-state index contributed by atoms with van der Waals surface area (Å²) in [4.78, 5) is 26.6. The molecule has 3 aromatic rings. The number of likely N-dealkylation sites (tertiary alicyclic amines) is 2. The van der Waals surface area contributed by atoms with E-state index in [4.69, 9.17) is 21.3 Å². The van der Waals surface area contributed by atoms with Gasteiger partial charge in [0.05, 0.1) is 11.7 Å². The molecule has 1 unspecified atom stereocenters. The quantitative estimate of drug-likeness (QED) is 0.166. The zero-order valence-electron chi connectivity index (χ0n) is 27.3. The summed E-state index contributed by atoms with van der Waals surface area (Å²) in [5.41, 5.74) is 4.93. The summed E-state index contributed by atoms with van der Waals surface area (Å²) in [6.45, 7) is 8.05. The van der Waals surface area contributed by atoms with E-state index in [-0.39, 0.29) is 17.9 Å². The average Bonchev–Trinajstić information content (AvgIpc) is 3.24. The van der Waals surface area contributed by atoms with E-state index in [9.17, 15) is 10.1 Å². The molecule has 10 heteroatoms. The summed E-state index contributed by atoms with van der Waals surface area (Å²) >= 11 is 10.0. The number of fused-ring (bicyclic) bond motifs is 2. The van der Waals surface area contributed by atoms with Gasteiger partial charge < -0.3 is 15.0 Å². The first kappa shape index (κ1) is 34.9. The van der Waals surface area contributed by atoms with Gasteiger partial charge in [0.15, 0.2) is 0 Å². The van der Waals surface area contributed by atoms with E-state index in [1.54, 1.807) is 0 Å². The maximum absolute atomic E-state index is 13.3. The third kappa shape index (κ3) is 9.13. The van der Waals surface area contributed by atoms with Crippen LogP contribution in [0.4, 0.5) is 0 Å². The van der Waals surface area contributed by atoms with E-state index >= 15 is 0 Å². The normalized spacial score (nSPS) is 18.9. The van der Waals surface area contributed by atoms with E-state index < -0.39 is 0 Å². The van der Waals surface area contributed by atoms with Gasteiger partial charge in [0.1, 0.15) is 5.75 Å². The molecule has 248 valence electrons. The van der Waals surface area contributed by atoms with E-state index in [1.165, 1.54) is 23.1 Å². The molecule has 47 heavy (non-hydrogen) atoms. The Morgan fingerprint density at radius 3 is 2.45 bits per heavy atom. The summed E-state index contributed by atoms with van der Waals surface area (Å²) in [6, 6.07) is 18.2. The zero-order valence-corrected chi connectivity index (χ0v) is 29.6. The fraction of sp³-hybridized carbons (Fsp3) is 0.459. The third-order valence-electron chi connectivity index (χ3n) is 9.10. The van der Waals surface area contributed by atoms with Gasteiger partial charge >= 0.3 is 6.02 Å². The van der Waals surface area contributed by atoms with Crippen LogP contribution < -0.4 is 10.1 Å². The van der Waals surface area contributed by atoms with Crippen molar-refractivity contribution in [1.29, 1.82) is 5.26 Å². The van der Waals surface area contributed by atoms with Crippen LogP contribution in [-0.4, -0.2) is 59.4 Å². The summed E-state index contributed by atoms with van der Waals surface area (Å²) in [5.74, 6) is 1.20. The van der Waals surface area contributed by atoms with Crippen LogP contribution in [0, 0.1) is 23.3 Å². The van der Waals surface area contributed by atoms with Crippen molar-refractivity contribution in [2.24, 2.45) is 16.8 Å². The van der Waals surface area contributed by atoms with Crippen LogP contribution in [0.2, 0.25) is 5.02 Å². The van der Waals surface area contributed by atoms with Crippen LogP contribution in [0.15, 0.2) is 70.3 Å². The number of nitrogens with zero attached hydrogens (tertiary/aromatic N) is 5. The van der Waals surface area contributed by atoms with Gasteiger partial charge in [-0.15, -0.1) is 4.99 Å². The molecule has 0 radical (unpaired) electrons. The van der Waals surface area contributed by atoms with E-state index in [0.717, 1.165) is 79.9 Å². The topological polar surface area (TPSA) is 93.8 Å². The van der Waals surface area contributed by atoms with Crippen molar-refractivity contribution in [2.45, 2.75) is 64.8 Å². The Kier molecular flexibility index (Phi) is 12.7. The zero-order chi connectivity index (χ0) is 33.2. The minimum Gasteiger partial charge on any atom is -0.425 e. The lowest BCUT2D eigenvalue weighted by molar-refractivity contribution is -0.126. The second-order valence-corrected chi connectivity index (χ2v) is 13.9. The predicted octanol–water partition coefficient (Wildman–Crippen LogP) is 7.56. The first-order chi connectivity index (χ1) is 22.9. The maximum atomic E-state index is 13.3. The van der Waals surface area contributed by atoms with Crippen molar-refractivity contribution < 1.29 is 9.53 Å². The molecule has 6 rings (SSSR count). The number of ether oxygens (including phenoxy) is 1. The Hall–Kier alpha value is -3.45. The number of hydrogen-bond acceptors (Lipinski definition) is 6. The number of nitrogens with one attached hydrogen (secondary N) is 1. The Morgan fingerprint density at radius 1 is 1.04 bits per heavy atom. The van der Waals surface area contributed by atoms with Crippen LogP contribution in [0.1, 0.15) is 74.4 Å². The molecule has 2 aromatic carbocycles. The number of para-hydroxylation sites is 1. The highest BCUT2D eigenvalue weighted by atomic mass is 79.9. The lowest BCUT2D eigenvalue weighted by Gasteiger charge is -2.38. The first-order valence-electron chi connectivity index (χ1n) is 16.8. The molecule has 2 aliphatic heterocycles. The minimum absolute atomic E-state index is 0.00721. The summed E-state index contributed by atoms with van der Waals surface area (Å²) < 4.78 is 6.88. The Balaban J connectivity index is 0.00000139. The number of hydrogen-bond donors (Lipinski definition) is 1. The van der Waals surface area contributed by atoms with Gasteiger partial charge in [0, 0.05) is 41.2 Å². The molecule has 1 amide bonds. The fourth-order valence-corrected chi connectivity index (χ4v) is 7.29. The number of rotatable bonds is 5. The molecular formula is C37H44BrClN6O2. The van der Waals surface area contributed by atoms with Crippen molar-refractivity contribution in [3.8, 4) is 11.9 Å². The molecule has 3 aliphatic rings. The molecule has 0 spiro atoms. The number of benzene rings is 2. The Labute approximate surface area is 292 Å². The molecule has 2 fully saturated rings. The van der Waals surface area contributed by atoms with Gasteiger partial charge in [0.25, 0.3) is 0 Å². The van der Waals surface area contributed by atoms with E-state index in [1.807, 2.05) is 53.7 Å². The molecule has 1 N–H and O–H groups in total. The largest absolute Gasteiger partial charge is 0.425 e. The number of carbonyl (C=O) groups is 1. The third-order valence-corrected chi connectivity index (χ3v) is 9.77. The van der Waals surface area contributed by atoms with E-state index in [2.05, 4.69) is 63.2 Å². The minimum atomic E-state index is 0.00721. The van der Waals surface area contributed by atoms with Gasteiger partial charge in [0.2, 0.25) is 12.1 Å². The van der Waals surface area contributed by atoms with Crippen molar-refractivity contribution in [3.63, 3.8) is 0 Å². The standard InChI is InChI=1S/C34H36BrClN6O2.C3H8/c35-27-18-26-7-6-25-19-28(36)8-9-30(25)32(31(26)38-21-27)41-16-12-24(13-17-41)33(43)39-20-23-10-14-42(15-11-23)34(40-22-37)44-29-4-2-1-3-5-29;1-3-2/h1-5,8-9,18-19,21,23-24,32H,6-7,10-17,20H2,(H,39,43);3H2,1-2H3. The van der Waals surface area contributed by atoms with Crippen LogP contribution >= 0.6 is 27.5 Å². The number of aryl methyl sites for hydroxylation is 2. The lowest BCUT2D eigenvalue weighted by atomic mass is 9.90. The second-order valence-electron chi connectivity index (χ2n) is 12.5. The number of amides is 1. The molecular weight excluding hydrogens is 676 g/mol. The molecule has 2 saturated heterocycles. The number of aliphatic imine (C=N–C) groups is 1. The number of nitriles is 1. The van der Waals surface area contributed by atoms with Crippen molar-refractivity contribution >= 4 is 39.5 Å². The fourth-order valence-electron chi connectivity index (χ4n) is 6.71. The number of halogens is 2. The maximum Gasteiger partial charge on any atom is 0.308 e. The highest BCUT2D eigenvalue weighted by Crippen LogP contribution is 2.39. The number of amidine groups is 1. The highest BCUT2D eigenvalue weighted by Gasteiger charge is 2.35. The Bertz CT molecular complexity index is 1510. The molecule has 0 saturated carbocycles. The molecule has 1 aliphatic carbocycles. The number of carbonyl (C=O) groups excluding carboxylic acids is 1. The molecule has 3 heterocycles. The number of aromatic nitrogens is 1. The summed E-state index contributed by atoms with van der Waals surface area (Å²) in [5, 5.41) is 13.2. The monoisotopic (exact) mass is 718 g/mol. The van der Waals surface area contributed by atoms with Crippen molar-refractivity contribution in [3.05, 3.63) is 92.7 Å². The molecule has 8 nitrogen and oxygen atoms in total. The number of pyridine rings is 1. The van der Waals surface area contributed by atoms with Crippen LogP contribution in [0.25, 0.3) is 0 Å². The number of piperidine rings is 2. The lowest BCUT2D eigenvalue weighted by Crippen LogP contribution is -2.45. The average molecular weight is 720 g/mol. The smallest absolute Gasteiger partial charge is 0.308 e. The van der Waals surface area contributed by atoms with Crippen LogP contribution in [-0.2, 0) is 17.6 Å². The molecule has 1 atom stereocenters. The second kappa shape index (κ2) is 17.1. The van der Waals surface area contributed by atoms with Crippen molar-refractivity contribution in [1.82, 2.24) is 20.1 Å². The van der Waals surface area contributed by atoms with Gasteiger partial charge in [-0.2, -0.15) is 5.26 Å². The highest BCUT2D eigenvalue weighted by molar-refractivity contribution is 9.10. The predicted molar refractivity (Wildman–Crippen MR) is 190 cm³/mol. The van der Waals surface area contributed by atoms with E-state index in [0.29, 0.717) is 24.2 Å². The summed E-state index contributed by atoms with van der Waals surface area (Å²) in [6.07, 6.45) is 10.3. The summed E-state index contributed by atoms with van der Waals surface area (Å²) in [7, 11) is 0. The van der Waals surface area contributed by atoms with Crippen molar-refractivity contribution in [2.75, 3.05) is 32.7 Å². The van der Waals surface area contributed by atoms with Gasteiger partial charge in [-0.25, -0.2) is 0 Å². The SMILES string of the molecule is CCC.N#CN=C(Oc1ccccc1)N1CCC(CNC(=O)C2CCN(C3c4ccc(Cl)cc4CCc4cc(Br)cnc43)CC2)CC1. The Morgan fingerprint density at radius 2 is 1.74 bits per heavy atom. The molecule has 1 aromatic heterocycles. The van der Waals surface area contributed by atoms with Gasteiger partial charge in [-0.1, -0.05) is 56.1 Å². The van der Waals surface area contributed by atoms with Gasteiger partial charge in [-0.05, 0) is 120 Å². The molecule has 0 bridgehead atoms. The van der Waals surface area contributed by atoms with Gasteiger partial charge in [-0.3, -0.25) is 14.7 Å². The van der Waals surface area contributed by atoms with Crippen LogP contribution in [0.3, 0.4) is 0 Å².